The first kappa shape index (κ1) is 52.3. The van der Waals surface area contributed by atoms with Crippen molar-refractivity contribution in [3.63, 3.8) is 0 Å². The fourth-order valence-electron chi connectivity index (χ4n) is 12.6. The number of carbonyl (C=O) groups is 5. The Morgan fingerprint density at radius 3 is 1.97 bits per heavy atom. The van der Waals surface area contributed by atoms with Crippen molar-refractivity contribution in [3.05, 3.63) is 0 Å². The van der Waals surface area contributed by atoms with Crippen LogP contribution < -0.4 is 15.5 Å². The Kier molecular flexibility index (Phi) is 20.5. The molecule has 1 aliphatic heterocycles. The molecule has 17 heteroatoms. The number of rotatable bonds is 16. The van der Waals surface area contributed by atoms with Crippen molar-refractivity contribution in [2.75, 3.05) is 78.5 Å². The first-order valence-electron chi connectivity index (χ1n) is 22.2. The van der Waals surface area contributed by atoms with E-state index in [1.165, 1.54) is 0 Å². The molecule has 0 aromatic heterocycles. The van der Waals surface area contributed by atoms with E-state index in [1.54, 1.807) is 14.7 Å². The van der Waals surface area contributed by atoms with Crippen molar-refractivity contribution in [1.29, 1.82) is 0 Å². The first-order valence-corrected chi connectivity index (χ1v) is 22.2. The molecule has 0 aromatic carbocycles. The van der Waals surface area contributed by atoms with Gasteiger partial charge >= 0.3 is 25.8 Å². The van der Waals surface area contributed by atoms with Crippen molar-refractivity contribution >= 4 is 49.9 Å². The summed E-state index contributed by atoms with van der Waals surface area (Å²) in [6, 6.07) is -0.899. The van der Waals surface area contributed by atoms with E-state index in [0.29, 0.717) is 81.1 Å². The summed E-state index contributed by atoms with van der Waals surface area (Å²) in [6.07, 6.45) is 10.1. The third-order valence-electron chi connectivity index (χ3n) is 15.9. The van der Waals surface area contributed by atoms with Crippen molar-refractivity contribution in [2.24, 2.45) is 46.3 Å². The summed E-state index contributed by atoms with van der Waals surface area (Å²) in [5.41, 5.74) is 0.321. The second-order valence-corrected chi connectivity index (χ2v) is 19.1. The maximum atomic E-state index is 13.1. The molecular formula is C43H72GaN5O11. The number of aldehydes is 1. The van der Waals surface area contributed by atoms with Crippen molar-refractivity contribution in [3.8, 4) is 0 Å². The third-order valence-corrected chi connectivity index (χ3v) is 15.9. The Morgan fingerprint density at radius 1 is 0.800 bits per heavy atom. The zero-order chi connectivity index (χ0) is 42.2. The molecule has 0 spiro atoms. The molecule has 338 valence electrons. The SMILES string of the molecule is C[C@H](CCC(=O)NCCCC(C(=O)O)N1CCN(CC=O)CCN(CC(=O)[O-])CCN(CC(=O)[O-])CC1)[C@H]1CCC2[C@H]3C(O)C[C@H]4CC(O)CC[C@@]4(C)[C@@H]3CC[C@]21C.[Ga+3].[OH-]. The van der Waals surface area contributed by atoms with E-state index in [2.05, 4.69) is 26.1 Å². The number of aliphatic carboxylic acids is 3. The van der Waals surface area contributed by atoms with Crippen LogP contribution in [0.3, 0.4) is 0 Å². The molecule has 5 rings (SSSR count). The van der Waals surface area contributed by atoms with Crippen LogP contribution in [0.2, 0.25) is 0 Å². The number of carbonyl (C=O) groups excluding carboxylic acids is 4. The minimum absolute atomic E-state index is 0. The Morgan fingerprint density at radius 2 is 1.37 bits per heavy atom. The number of carboxylic acids is 3. The summed E-state index contributed by atoms with van der Waals surface area (Å²) in [6.45, 7) is 9.09. The predicted molar refractivity (Wildman–Crippen MR) is 219 cm³/mol. The smallest absolute Gasteiger partial charge is 0.870 e. The average molecular weight is 905 g/mol. The van der Waals surface area contributed by atoms with Crippen LogP contribution in [0.4, 0.5) is 0 Å². The van der Waals surface area contributed by atoms with Crippen molar-refractivity contribution in [1.82, 2.24) is 24.9 Å². The molecule has 0 radical (unpaired) electrons. The molecule has 4 unspecified atom stereocenters. The van der Waals surface area contributed by atoms with Crippen LogP contribution in [0, 0.1) is 46.3 Å². The molecule has 0 bridgehead atoms. The molecule has 5 N–H and O–H groups in total. The number of hydrogen-bond acceptors (Lipinski definition) is 14. The zero-order valence-corrected chi connectivity index (χ0v) is 38.7. The van der Waals surface area contributed by atoms with E-state index in [9.17, 15) is 49.5 Å². The third kappa shape index (κ3) is 13.0. The van der Waals surface area contributed by atoms with Gasteiger partial charge in [0.25, 0.3) is 0 Å². The quantitative estimate of drug-likeness (QED) is 0.0834. The van der Waals surface area contributed by atoms with E-state index < -0.39 is 23.9 Å². The summed E-state index contributed by atoms with van der Waals surface area (Å²) in [5.74, 6) is -1.12. The molecule has 4 saturated carbocycles. The molecule has 5 fully saturated rings. The molecule has 1 heterocycles. The van der Waals surface area contributed by atoms with Gasteiger partial charge in [0.2, 0.25) is 5.91 Å². The summed E-state index contributed by atoms with van der Waals surface area (Å²) in [7, 11) is 0. The van der Waals surface area contributed by atoms with Crippen LogP contribution in [0.15, 0.2) is 0 Å². The monoisotopic (exact) mass is 903 g/mol. The first-order chi connectivity index (χ1) is 27.5. The van der Waals surface area contributed by atoms with Crippen LogP contribution in [0.25, 0.3) is 0 Å². The Hall–Kier alpha value is -2.09. The van der Waals surface area contributed by atoms with E-state index in [1.807, 2.05) is 4.90 Å². The standard InChI is InChI=1S/C43H73N5O10.Ga.H2O/c1-29(32-7-8-33-40-34(11-13-43(32,33)3)42(2)12-10-31(50)25-30(42)26-36(40)51)6-9-37(52)44-14-4-5-35(41(57)58)48-21-19-45(23-24-49)15-16-46(27-38(53)54)17-18-47(20-22-48)28-39(55)56;;/h24,29-36,40,50-51H,4-23,25-28H2,1-3H3,(H,44,52)(H,53,54)(H,55,56)(H,57,58);;1H2/q;+3;/p-3/t29-,30-,31?,32-,33?,34-,35?,36?,40-,42-,43+;;/m1../s1. The molecule has 0 aromatic rings. The van der Waals surface area contributed by atoms with Crippen LogP contribution >= 0.6 is 0 Å². The predicted octanol–water partition coefficient (Wildman–Crippen LogP) is -0.894. The van der Waals surface area contributed by atoms with Gasteiger partial charge in [-0.2, -0.15) is 0 Å². The van der Waals surface area contributed by atoms with Gasteiger partial charge in [-0.25, -0.2) is 0 Å². The van der Waals surface area contributed by atoms with Gasteiger partial charge in [-0.3, -0.25) is 29.2 Å². The molecule has 60 heavy (non-hydrogen) atoms. The zero-order valence-electron chi connectivity index (χ0n) is 36.3. The van der Waals surface area contributed by atoms with Gasteiger partial charge in [-0.05, 0) is 117 Å². The fourth-order valence-corrected chi connectivity index (χ4v) is 12.6. The summed E-state index contributed by atoms with van der Waals surface area (Å²) < 4.78 is 0. The number of carboxylic acid groups (broad SMARTS) is 3. The number of aliphatic hydroxyl groups excluding tert-OH is 2. The number of aliphatic hydroxyl groups is 2. The summed E-state index contributed by atoms with van der Waals surface area (Å²) in [4.78, 5) is 67.0. The van der Waals surface area contributed by atoms with E-state index in [0.717, 1.165) is 64.1 Å². The molecule has 11 atom stereocenters. The molecule has 16 nitrogen and oxygen atoms in total. The Balaban J connectivity index is 0.00000480. The van der Waals surface area contributed by atoms with Crippen LogP contribution in [-0.4, -0.2) is 187 Å². The average Bonchev–Trinajstić information content (AvgIpc) is 3.51. The van der Waals surface area contributed by atoms with E-state index >= 15 is 0 Å². The fraction of sp³-hybridized carbons (Fsp3) is 0.884. The van der Waals surface area contributed by atoms with Gasteiger partial charge in [0.05, 0.1) is 30.7 Å². The minimum Gasteiger partial charge on any atom is -0.870 e. The normalized spacial score (nSPS) is 34.4. The van der Waals surface area contributed by atoms with E-state index in [4.69, 9.17) is 0 Å². The van der Waals surface area contributed by atoms with Gasteiger partial charge < -0.3 is 50.7 Å². The largest absolute Gasteiger partial charge is 3.00 e. The summed E-state index contributed by atoms with van der Waals surface area (Å²) >= 11 is 0. The Bertz CT molecular complexity index is 1430. The number of hydrogen-bond donors (Lipinski definition) is 4. The second-order valence-electron chi connectivity index (χ2n) is 19.1. The summed E-state index contributed by atoms with van der Waals surface area (Å²) in [5, 5.41) is 58.2. The van der Waals surface area contributed by atoms with Gasteiger partial charge in [0.15, 0.2) is 0 Å². The topological polar surface area (TPSA) is 247 Å². The molecule has 1 saturated heterocycles. The number of amides is 1. The number of nitrogens with zero attached hydrogens (tertiary/aromatic N) is 4. The molecule has 5 aliphatic rings. The van der Waals surface area contributed by atoms with Gasteiger partial charge in [-0.1, -0.05) is 20.8 Å². The number of fused-ring (bicyclic) bond motifs is 5. The maximum absolute atomic E-state index is 13.1. The second kappa shape index (κ2) is 23.5. The maximum Gasteiger partial charge on any atom is 3.00 e. The molecule has 1 amide bonds. The minimum atomic E-state index is -1.29. The van der Waals surface area contributed by atoms with Crippen LogP contribution in [0.1, 0.15) is 97.8 Å². The van der Waals surface area contributed by atoms with E-state index in [-0.39, 0.29) is 106 Å². The van der Waals surface area contributed by atoms with Gasteiger partial charge in [-0.15, -0.1) is 0 Å². The number of nitrogens with one attached hydrogen (secondary N) is 1. The van der Waals surface area contributed by atoms with Crippen LogP contribution in [-0.2, 0) is 24.0 Å². The van der Waals surface area contributed by atoms with Crippen LogP contribution in [0.5, 0.6) is 0 Å². The Labute approximate surface area is 369 Å². The van der Waals surface area contributed by atoms with Crippen molar-refractivity contribution < 1.29 is 55.0 Å². The molecular weight excluding hydrogens is 832 g/mol. The van der Waals surface area contributed by atoms with Gasteiger partial charge in [0, 0.05) is 78.4 Å². The molecule has 4 aliphatic carbocycles. The van der Waals surface area contributed by atoms with Gasteiger partial charge in [0.1, 0.15) is 12.3 Å². The van der Waals surface area contributed by atoms with Crippen molar-refractivity contribution in [2.45, 2.75) is 116 Å².